The van der Waals surface area contributed by atoms with Gasteiger partial charge >= 0.3 is 0 Å². The first-order valence-corrected chi connectivity index (χ1v) is 2.79. The number of aliphatic hydroxyl groups is 1. The number of nitrogens with one attached hydrogen (secondary N) is 1. The lowest BCUT2D eigenvalue weighted by molar-refractivity contribution is -0.118. The molecule has 0 atom stereocenters. The average molecular weight is 129 g/mol. The van der Waals surface area contributed by atoms with Gasteiger partial charge in [-0.15, -0.1) is 0 Å². The van der Waals surface area contributed by atoms with E-state index >= 15 is 0 Å². The van der Waals surface area contributed by atoms with Crippen LogP contribution in [0.5, 0.6) is 0 Å². The molecule has 0 aromatic carbocycles. The quantitative estimate of drug-likeness (QED) is 0.417. The van der Waals surface area contributed by atoms with E-state index in [0.717, 1.165) is 0 Å². The Morgan fingerprint density at radius 3 is 2.67 bits per heavy atom. The molecule has 0 aliphatic carbocycles. The van der Waals surface area contributed by atoms with Gasteiger partial charge in [0.25, 0.3) is 0 Å². The van der Waals surface area contributed by atoms with Crippen molar-refractivity contribution in [2.75, 3.05) is 6.73 Å². The largest absolute Gasteiger partial charge is 0.376 e. The van der Waals surface area contributed by atoms with Crippen molar-refractivity contribution in [2.45, 2.75) is 13.3 Å². The van der Waals surface area contributed by atoms with Crippen LogP contribution in [0.4, 0.5) is 0 Å². The third-order valence-corrected chi connectivity index (χ3v) is 0.988. The Kier molecular flexibility index (Phi) is 3.71. The van der Waals surface area contributed by atoms with Gasteiger partial charge in [-0.1, -0.05) is 13.5 Å². The summed E-state index contributed by atoms with van der Waals surface area (Å²) in [6.07, 6.45) is 0.617. The Labute approximate surface area is 54.4 Å². The Bertz CT molecular complexity index is 120. The van der Waals surface area contributed by atoms with Crippen molar-refractivity contribution < 1.29 is 9.90 Å². The van der Waals surface area contributed by atoms with E-state index in [9.17, 15) is 4.79 Å². The lowest BCUT2D eigenvalue weighted by Gasteiger charge is -1.99. The van der Waals surface area contributed by atoms with Gasteiger partial charge in [0.2, 0.25) is 5.91 Å². The van der Waals surface area contributed by atoms with Crippen LogP contribution in [0, 0.1) is 0 Å². The summed E-state index contributed by atoms with van der Waals surface area (Å²) in [5.41, 5.74) is 0.490. The van der Waals surface area contributed by atoms with E-state index in [2.05, 4.69) is 11.9 Å². The van der Waals surface area contributed by atoms with Gasteiger partial charge in [0.15, 0.2) is 0 Å². The molecular formula is C6H11NO2. The summed E-state index contributed by atoms with van der Waals surface area (Å²) in [5, 5.41) is 10.4. The number of rotatable bonds is 3. The maximum absolute atomic E-state index is 10.6. The molecule has 3 nitrogen and oxygen atoms in total. The highest BCUT2D eigenvalue weighted by Gasteiger charge is 2.00. The Morgan fingerprint density at radius 2 is 2.33 bits per heavy atom. The zero-order chi connectivity index (χ0) is 7.28. The highest BCUT2D eigenvalue weighted by atomic mass is 16.3. The number of hydrogen-bond acceptors (Lipinski definition) is 2. The first-order valence-electron chi connectivity index (χ1n) is 2.79. The molecule has 0 spiro atoms. The molecule has 0 aromatic rings. The van der Waals surface area contributed by atoms with Crippen LogP contribution in [0.2, 0.25) is 0 Å². The van der Waals surface area contributed by atoms with Crippen LogP contribution >= 0.6 is 0 Å². The number of aliphatic hydroxyl groups excluding tert-OH is 1. The summed E-state index contributed by atoms with van der Waals surface area (Å²) in [6.45, 7) is 4.98. The van der Waals surface area contributed by atoms with Crippen molar-refractivity contribution in [1.82, 2.24) is 5.32 Å². The molecule has 0 aromatic heterocycles. The summed E-state index contributed by atoms with van der Waals surface area (Å²) in [4.78, 5) is 10.6. The van der Waals surface area contributed by atoms with Gasteiger partial charge in [-0.2, -0.15) is 0 Å². The molecule has 3 heteroatoms. The molecule has 0 heterocycles. The predicted molar refractivity (Wildman–Crippen MR) is 34.7 cm³/mol. The number of amides is 1. The van der Waals surface area contributed by atoms with Crippen molar-refractivity contribution >= 4 is 5.91 Å². The van der Waals surface area contributed by atoms with Crippen LogP contribution in [0.3, 0.4) is 0 Å². The normalized spacial score (nSPS) is 8.67. The second-order valence-electron chi connectivity index (χ2n) is 1.62. The summed E-state index contributed by atoms with van der Waals surface area (Å²) in [7, 11) is 0. The fraction of sp³-hybridized carbons (Fsp3) is 0.500. The van der Waals surface area contributed by atoms with E-state index in [4.69, 9.17) is 5.11 Å². The molecule has 52 valence electrons. The third-order valence-electron chi connectivity index (χ3n) is 0.988. The molecule has 0 radical (unpaired) electrons. The molecule has 0 saturated carbocycles. The van der Waals surface area contributed by atoms with Crippen molar-refractivity contribution in [1.29, 1.82) is 0 Å². The molecule has 0 rings (SSSR count). The van der Waals surface area contributed by atoms with Gasteiger partial charge in [0, 0.05) is 5.57 Å². The van der Waals surface area contributed by atoms with Crippen LogP contribution in [0.1, 0.15) is 13.3 Å². The van der Waals surface area contributed by atoms with E-state index in [-0.39, 0.29) is 12.6 Å². The standard InChI is InChI=1S/C6H11NO2/c1-3-5(2)6(9)7-4-8/h8H,2-4H2,1H3,(H,7,9). The Balaban J connectivity index is 3.60. The maximum atomic E-state index is 10.6. The molecule has 0 saturated heterocycles. The topological polar surface area (TPSA) is 49.3 Å². The fourth-order valence-electron chi connectivity index (χ4n) is 0.357. The van der Waals surface area contributed by atoms with Crippen LogP contribution in [0.15, 0.2) is 12.2 Å². The zero-order valence-electron chi connectivity index (χ0n) is 5.48. The predicted octanol–water partition coefficient (Wildman–Crippen LogP) is 0.0186. The summed E-state index contributed by atoms with van der Waals surface area (Å²) < 4.78 is 0. The second-order valence-corrected chi connectivity index (χ2v) is 1.62. The first kappa shape index (κ1) is 8.17. The van der Waals surface area contributed by atoms with Gasteiger partial charge in [-0.05, 0) is 6.42 Å². The van der Waals surface area contributed by atoms with Gasteiger partial charge < -0.3 is 10.4 Å². The van der Waals surface area contributed by atoms with Gasteiger partial charge in [-0.25, -0.2) is 0 Å². The second kappa shape index (κ2) is 4.09. The average Bonchev–Trinajstić information content (AvgIpc) is 1.87. The van der Waals surface area contributed by atoms with E-state index in [1.54, 1.807) is 0 Å². The molecule has 0 aliphatic heterocycles. The van der Waals surface area contributed by atoms with Crippen LogP contribution in [-0.4, -0.2) is 17.7 Å². The highest BCUT2D eigenvalue weighted by Crippen LogP contribution is 1.93. The van der Waals surface area contributed by atoms with E-state index < -0.39 is 0 Å². The maximum Gasteiger partial charge on any atom is 0.248 e. The van der Waals surface area contributed by atoms with Crippen LogP contribution in [0.25, 0.3) is 0 Å². The van der Waals surface area contributed by atoms with Gasteiger partial charge in [0.1, 0.15) is 6.73 Å². The molecule has 9 heavy (non-hydrogen) atoms. The monoisotopic (exact) mass is 129 g/mol. The molecule has 0 unspecified atom stereocenters. The molecule has 2 N–H and O–H groups in total. The van der Waals surface area contributed by atoms with Gasteiger partial charge in [-0.3, -0.25) is 4.79 Å². The smallest absolute Gasteiger partial charge is 0.248 e. The van der Waals surface area contributed by atoms with E-state index in [0.29, 0.717) is 12.0 Å². The first-order chi connectivity index (χ1) is 4.22. The van der Waals surface area contributed by atoms with Crippen molar-refractivity contribution in [3.8, 4) is 0 Å². The summed E-state index contributed by atoms with van der Waals surface area (Å²) >= 11 is 0. The fourth-order valence-corrected chi connectivity index (χ4v) is 0.357. The molecular weight excluding hydrogens is 118 g/mol. The van der Waals surface area contributed by atoms with Crippen molar-refractivity contribution in [3.63, 3.8) is 0 Å². The van der Waals surface area contributed by atoms with Crippen LogP contribution in [-0.2, 0) is 4.79 Å². The number of carbonyl (C=O) groups excluding carboxylic acids is 1. The number of hydrogen-bond donors (Lipinski definition) is 2. The number of carbonyl (C=O) groups is 1. The molecule has 0 fully saturated rings. The van der Waals surface area contributed by atoms with E-state index in [1.807, 2.05) is 6.92 Å². The Morgan fingerprint density at radius 1 is 1.78 bits per heavy atom. The zero-order valence-corrected chi connectivity index (χ0v) is 5.48. The molecule has 1 amide bonds. The lowest BCUT2D eigenvalue weighted by atomic mass is 10.2. The summed E-state index contributed by atoms with van der Waals surface area (Å²) in [5.74, 6) is -0.278. The molecule has 0 bridgehead atoms. The minimum Gasteiger partial charge on any atom is -0.376 e. The SMILES string of the molecule is C=C(CC)C(=O)NCO. The third kappa shape index (κ3) is 2.87. The van der Waals surface area contributed by atoms with E-state index in [1.165, 1.54) is 0 Å². The minimum atomic E-state index is -0.322. The Hall–Kier alpha value is -0.830. The van der Waals surface area contributed by atoms with Gasteiger partial charge in [0.05, 0.1) is 0 Å². The lowest BCUT2D eigenvalue weighted by Crippen LogP contribution is -2.24. The molecule has 0 aliphatic rings. The highest BCUT2D eigenvalue weighted by molar-refractivity contribution is 5.92. The minimum absolute atomic E-state index is 0.278. The van der Waals surface area contributed by atoms with Crippen LogP contribution < -0.4 is 5.32 Å². The van der Waals surface area contributed by atoms with Crippen molar-refractivity contribution in [2.24, 2.45) is 0 Å². The van der Waals surface area contributed by atoms with Crippen molar-refractivity contribution in [3.05, 3.63) is 12.2 Å². The summed E-state index contributed by atoms with van der Waals surface area (Å²) in [6, 6.07) is 0.